The van der Waals surface area contributed by atoms with Crippen molar-refractivity contribution in [2.75, 3.05) is 19.5 Å². The lowest BCUT2D eigenvalue weighted by Crippen LogP contribution is -2.14. The molecule has 1 heterocycles. The Labute approximate surface area is 198 Å². The fourth-order valence-corrected chi connectivity index (χ4v) is 3.72. The highest BCUT2D eigenvalue weighted by molar-refractivity contribution is 6.34. The maximum Gasteiger partial charge on any atom is 0.416 e. The third kappa shape index (κ3) is 4.63. The number of amides is 1. The van der Waals surface area contributed by atoms with Crippen LogP contribution in [0.1, 0.15) is 15.9 Å². The number of fused-ring (bicyclic) bond motifs is 1. The summed E-state index contributed by atoms with van der Waals surface area (Å²) in [5.74, 6) is 0.501. The van der Waals surface area contributed by atoms with Gasteiger partial charge < -0.3 is 14.8 Å². The smallest absolute Gasteiger partial charge is 0.416 e. The lowest BCUT2D eigenvalue weighted by Gasteiger charge is -2.14. The summed E-state index contributed by atoms with van der Waals surface area (Å²) in [6.45, 7) is 0. The van der Waals surface area contributed by atoms with Crippen LogP contribution in [0.2, 0.25) is 5.02 Å². The molecule has 0 aliphatic heterocycles. The van der Waals surface area contributed by atoms with Crippen molar-refractivity contribution >= 4 is 34.1 Å². The standard InChI is InChI=1S/C25H18ClF3N2O3/c1-33-22-10-7-14(11-23(22)34-2)21-13-17(16-5-3-4-6-19(16)30-21)24(32)31-20-9-8-15(12-18(20)26)25(27,28)29/h3-13H,1-2H3,(H,31,32). The highest BCUT2D eigenvalue weighted by atomic mass is 35.5. The van der Waals surface area contributed by atoms with Crippen LogP contribution < -0.4 is 14.8 Å². The molecule has 1 amide bonds. The lowest BCUT2D eigenvalue weighted by atomic mass is 10.0. The molecule has 1 N–H and O–H groups in total. The molecule has 4 rings (SSSR count). The minimum absolute atomic E-state index is 0.0632. The van der Waals surface area contributed by atoms with Crippen LogP contribution in [-0.2, 0) is 6.18 Å². The van der Waals surface area contributed by atoms with E-state index in [0.29, 0.717) is 33.7 Å². The monoisotopic (exact) mass is 486 g/mol. The molecule has 4 aromatic rings. The van der Waals surface area contributed by atoms with Gasteiger partial charge in [-0.15, -0.1) is 0 Å². The Kier molecular flexibility index (Phi) is 6.34. The van der Waals surface area contributed by atoms with Gasteiger partial charge >= 0.3 is 6.18 Å². The van der Waals surface area contributed by atoms with E-state index in [2.05, 4.69) is 10.3 Å². The van der Waals surface area contributed by atoms with Crippen LogP contribution in [0.15, 0.2) is 66.7 Å². The number of hydrogen-bond acceptors (Lipinski definition) is 4. The number of nitrogens with one attached hydrogen (secondary N) is 1. The molecule has 34 heavy (non-hydrogen) atoms. The maximum absolute atomic E-state index is 13.2. The number of alkyl halides is 3. The minimum Gasteiger partial charge on any atom is -0.493 e. The van der Waals surface area contributed by atoms with Gasteiger partial charge in [0.2, 0.25) is 0 Å². The second-order valence-electron chi connectivity index (χ2n) is 7.29. The molecule has 0 saturated carbocycles. The number of rotatable bonds is 5. The molecule has 1 aromatic heterocycles. The van der Waals surface area contributed by atoms with E-state index in [9.17, 15) is 18.0 Å². The maximum atomic E-state index is 13.2. The number of hydrogen-bond donors (Lipinski definition) is 1. The fraction of sp³-hybridized carbons (Fsp3) is 0.120. The van der Waals surface area contributed by atoms with E-state index in [-0.39, 0.29) is 16.3 Å². The summed E-state index contributed by atoms with van der Waals surface area (Å²) in [6, 6.07) is 16.7. The van der Waals surface area contributed by atoms with Crippen molar-refractivity contribution in [2.45, 2.75) is 6.18 Å². The Morgan fingerprint density at radius 1 is 0.941 bits per heavy atom. The molecule has 0 unspecified atom stereocenters. The molecule has 5 nitrogen and oxygen atoms in total. The Bertz CT molecular complexity index is 1390. The van der Waals surface area contributed by atoms with Crippen LogP contribution in [0.5, 0.6) is 11.5 Å². The summed E-state index contributed by atoms with van der Waals surface area (Å²) < 4.78 is 49.5. The molecule has 0 bridgehead atoms. The minimum atomic E-state index is -4.54. The SMILES string of the molecule is COc1ccc(-c2cc(C(=O)Nc3ccc(C(F)(F)F)cc3Cl)c3ccccc3n2)cc1OC. The number of anilines is 1. The quantitative estimate of drug-likeness (QED) is 0.335. The normalized spacial score (nSPS) is 11.4. The van der Waals surface area contributed by atoms with Crippen molar-refractivity contribution in [1.82, 2.24) is 4.98 Å². The Balaban J connectivity index is 1.76. The first-order valence-electron chi connectivity index (χ1n) is 10.0. The van der Waals surface area contributed by atoms with Crippen LogP contribution in [0.25, 0.3) is 22.2 Å². The summed E-state index contributed by atoms with van der Waals surface area (Å²) in [5, 5.41) is 2.96. The number of ether oxygens (including phenoxy) is 2. The van der Waals surface area contributed by atoms with E-state index >= 15 is 0 Å². The zero-order chi connectivity index (χ0) is 24.5. The van der Waals surface area contributed by atoms with Gasteiger partial charge in [-0.1, -0.05) is 29.8 Å². The highest BCUT2D eigenvalue weighted by Crippen LogP contribution is 2.35. The second-order valence-corrected chi connectivity index (χ2v) is 7.70. The average Bonchev–Trinajstić information content (AvgIpc) is 2.83. The Hall–Kier alpha value is -3.78. The van der Waals surface area contributed by atoms with Crippen LogP contribution >= 0.6 is 11.6 Å². The second kappa shape index (κ2) is 9.23. The number of methoxy groups -OCH3 is 2. The van der Waals surface area contributed by atoms with Gasteiger partial charge in [0.15, 0.2) is 11.5 Å². The highest BCUT2D eigenvalue weighted by Gasteiger charge is 2.31. The number of benzene rings is 3. The third-order valence-electron chi connectivity index (χ3n) is 5.18. The molecular weight excluding hydrogens is 469 g/mol. The van der Waals surface area contributed by atoms with Crippen LogP contribution in [0.3, 0.4) is 0 Å². The number of pyridine rings is 1. The number of nitrogens with zero attached hydrogens (tertiary/aromatic N) is 1. The van der Waals surface area contributed by atoms with Gasteiger partial charge in [-0.3, -0.25) is 4.79 Å². The summed E-state index contributed by atoms with van der Waals surface area (Å²) in [5.41, 5.74) is 1.20. The molecule has 0 atom stereocenters. The predicted molar refractivity (Wildman–Crippen MR) is 125 cm³/mol. The molecule has 0 fully saturated rings. The number of carbonyl (C=O) groups is 1. The molecular formula is C25H18ClF3N2O3. The summed E-state index contributed by atoms with van der Waals surface area (Å²) in [4.78, 5) is 17.9. The van der Waals surface area contributed by atoms with E-state index in [4.69, 9.17) is 21.1 Å². The molecule has 3 aromatic carbocycles. The topological polar surface area (TPSA) is 60.5 Å². The van der Waals surface area contributed by atoms with Gasteiger partial charge in [-0.25, -0.2) is 4.98 Å². The number of para-hydroxylation sites is 1. The molecule has 0 aliphatic carbocycles. The Morgan fingerprint density at radius 3 is 2.35 bits per heavy atom. The molecule has 0 aliphatic rings. The van der Waals surface area contributed by atoms with E-state index < -0.39 is 17.6 Å². The third-order valence-corrected chi connectivity index (χ3v) is 5.50. The van der Waals surface area contributed by atoms with Crippen molar-refractivity contribution in [3.8, 4) is 22.8 Å². The zero-order valence-corrected chi connectivity index (χ0v) is 18.8. The van der Waals surface area contributed by atoms with Crippen LogP contribution in [-0.4, -0.2) is 25.1 Å². The molecule has 9 heteroatoms. The van der Waals surface area contributed by atoms with Crippen LogP contribution in [0.4, 0.5) is 18.9 Å². The zero-order valence-electron chi connectivity index (χ0n) is 18.0. The first-order valence-corrected chi connectivity index (χ1v) is 10.4. The van der Waals surface area contributed by atoms with Gasteiger partial charge in [0, 0.05) is 10.9 Å². The van der Waals surface area contributed by atoms with Crippen molar-refractivity contribution in [3.63, 3.8) is 0 Å². The first kappa shape index (κ1) is 23.4. The Morgan fingerprint density at radius 2 is 1.68 bits per heavy atom. The van der Waals surface area contributed by atoms with Gasteiger partial charge in [0.1, 0.15) is 0 Å². The number of aromatic nitrogens is 1. The molecule has 0 radical (unpaired) electrons. The summed E-state index contributed by atoms with van der Waals surface area (Å²) in [7, 11) is 3.04. The van der Waals surface area contributed by atoms with E-state index in [0.717, 1.165) is 18.2 Å². The average molecular weight is 487 g/mol. The fourth-order valence-electron chi connectivity index (χ4n) is 3.49. The van der Waals surface area contributed by atoms with Crippen LogP contribution in [0, 0.1) is 0 Å². The van der Waals surface area contributed by atoms with Crippen molar-refractivity contribution in [1.29, 1.82) is 0 Å². The largest absolute Gasteiger partial charge is 0.493 e. The molecule has 174 valence electrons. The first-order chi connectivity index (χ1) is 16.2. The van der Waals surface area contributed by atoms with E-state index in [1.165, 1.54) is 14.2 Å². The number of halogens is 4. The number of carbonyl (C=O) groups excluding carboxylic acids is 1. The van der Waals surface area contributed by atoms with Gasteiger partial charge in [-0.05, 0) is 48.5 Å². The van der Waals surface area contributed by atoms with E-state index in [1.54, 1.807) is 48.5 Å². The van der Waals surface area contributed by atoms with Crippen molar-refractivity contribution in [2.24, 2.45) is 0 Å². The molecule has 0 spiro atoms. The van der Waals surface area contributed by atoms with Crippen molar-refractivity contribution < 1.29 is 27.4 Å². The van der Waals surface area contributed by atoms with Gasteiger partial charge in [0.25, 0.3) is 5.91 Å². The molecule has 0 saturated heterocycles. The van der Waals surface area contributed by atoms with Gasteiger partial charge in [0.05, 0.1) is 47.3 Å². The lowest BCUT2D eigenvalue weighted by molar-refractivity contribution is -0.137. The summed E-state index contributed by atoms with van der Waals surface area (Å²) >= 11 is 6.02. The van der Waals surface area contributed by atoms with Gasteiger partial charge in [-0.2, -0.15) is 13.2 Å². The summed E-state index contributed by atoms with van der Waals surface area (Å²) in [6.07, 6.45) is -4.54. The van der Waals surface area contributed by atoms with Crippen molar-refractivity contribution in [3.05, 3.63) is 82.9 Å². The predicted octanol–water partition coefficient (Wildman–Crippen LogP) is 6.84. The van der Waals surface area contributed by atoms with E-state index in [1.807, 2.05) is 0 Å².